The molecule has 8 nitrogen and oxygen atoms in total. The van der Waals surface area contributed by atoms with Crippen LogP contribution in [-0.4, -0.2) is 41.9 Å². The quantitative estimate of drug-likeness (QED) is 0.482. The topological polar surface area (TPSA) is 102 Å². The molecule has 0 saturated carbocycles. The van der Waals surface area contributed by atoms with Gasteiger partial charge in [-0.2, -0.15) is 5.10 Å². The number of benzene rings is 1. The van der Waals surface area contributed by atoms with E-state index in [0.717, 1.165) is 48.2 Å². The van der Waals surface area contributed by atoms with Gasteiger partial charge >= 0.3 is 0 Å². The van der Waals surface area contributed by atoms with Gasteiger partial charge in [0.1, 0.15) is 5.00 Å². The molecule has 2 heterocycles. The summed E-state index contributed by atoms with van der Waals surface area (Å²) >= 11 is 1.40. The lowest BCUT2D eigenvalue weighted by Gasteiger charge is -2.13. The number of rotatable bonds is 8. The summed E-state index contributed by atoms with van der Waals surface area (Å²) in [4.78, 5) is 39.7. The molecule has 2 aromatic heterocycles. The molecular weight excluding hydrogens is 452 g/mol. The fraction of sp³-hybridized carbons (Fsp3) is 0.360. The van der Waals surface area contributed by atoms with Gasteiger partial charge in [-0.3, -0.25) is 14.4 Å². The van der Waals surface area contributed by atoms with Gasteiger partial charge in [-0.1, -0.05) is 19.1 Å². The predicted octanol–water partition coefficient (Wildman–Crippen LogP) is 3.36. The molecule has 2 N–H and O–H groups in total. The van der Waals surface area contributed by atoms with Gasteiger partial charge < -0.3 is 15.4 Å². The highest BCUT2D eigenvalue weighted by Gasteiger charge is 2.27. The highest BCUT2D eigenvalue weighted by molar-refractivity contribution is 7.17. The van der Waals surface area contributed by atoms with Crippen LogP contribution in [0.3, 0.4) is 0 Å². The first-order valence-corrected chi connectivity index (χ1v) is 12.3. The third kappa shape index (κ3) is 5.10. The first-order valence-electron chi connectivity index (χ1n) is 11.4. The molecule has 34 heavy (non-hydrogen) atoms. The van der Waals surface area contributed by atoms with Gasteiger partial charge in [-0.25, -0.2) is 4.68 Å². The molecule has 1 aliphatic carbocycles. The molecule has 3 aromatic rings. The number of carbonyl (C=O) groups is 2. The average Bonchev–Trinajstić information content (AvgIpc) is 3.22. The summed E-state index contributed by atoms with van der Waals surface area (Å²) in [5.74, 6) is -0.879. The first kappa shape index (κ1) is 23.8. The van der Waals surface area contributed by atoms with Crippen molar-refractivity contribution in [2.45, 2.75) is 39.0 Å². The van der Waals surface area contributed by atoms with Crippen LogP contribution in [0.25, 0.3) is 5.69 Å². The second-order valence-corrected chi connectivity index (χ2v) is 9.22. The van der Waals surface area contributed by atoms with Gasteiger partial charge in [0.15, 0.2) is 5.69 Å². The number of aromatic nitrogens is 2. The minimum atomic E-state index is -0.630. The normalized spacial score (nSPS) is 12.8. The summed E-state index contributed by atoms with van der Waals surface area (Å²) in [7, 11) is 1.57. The fourth-order valence-electron chi connectivity index (χ4n) is 4.00. The molecule has 1 aliphatic rings. The van der Waals surface area contributed by atoms with E-state index >= 15 is 0 Å². The number of nitrogens with one attached hydrogen (secondary N) is 2. The number of nitrogens with zero attached hydrogens (tertiary/aromatic N) is 2. The number of aryl methyl sites for hydroxylation is 2. The Morgan fingerprint density at radius 1 is 1.12 bits per heavy atom. The smallest absolute Gasteiger partial charge is 0.280 e. The van der Waals surface area contributed by atoms with Crippen LogP contribution in [0.4, 0.5) is 5.00 Å². The Balaban J connectivity index is 1.63. The number of carbonyl (C=O) groups excluding carboxylic acids is 2. The zero-order valence-electron chi connectivity index (χ0n) is 19.3. The zero-order chi connectivity index (χ0) is 24.1. The average molecular weight is 481 g/mol. The number of ether oxygens (including phenoxy) is 1. The summed E-state index contributed by atoms with van der Waals surface area (Å²) in [6, 6.07) is 9.09. The number of hydrogen-bond acceptors (Lipinski definition) is 6. The SMILES string of the molecule is CCc1ccc(-n2ccc(=O)c(C(=O)Nc3sc4c(c3C(=O)NCCOC)CCCC4)n2)cc1. The van der Waals surface area contributed by atoms with E-state index in [1.807, 2.05) is 24.3 Å². The minimum absolute atomic E-state index is 0.223. The Kier molecular flexibility index (Phi) is 7.54. The van der Waals surface area contributed by atoms with Gasteiger partial charge in [0, 0.05) is 30.8 Å². The van der Waals surface area contributed by atoms with E-state index in [0.29, 0.717) is 23.7 Å². The summed E-state index contributed by atoms with van der Waals surface area (Å²) in [6.45, 7) is 2.84. The minimum Gasteiger partial charge on any atom is -0.383 e. The molecule has 0 aliphatic heterocycles. The summed E-state index contributed by atoms with van der Waals surface area (Å²) < 4.78 is 6.53. The van der Waals surface area contributed by atoms with E-state index in [2.05, 4.69) is 22.7 Å². The largest absolute Gasteiger partial charge is 0.383 e. The summed E-state index contributed by atoms with van der Waals surface area (Å²) in [5.41, 5.74) is 2.69. The van der Waals surface area contributed by atoms with Crippen molar-refractivity contribution >= 4 is 28.2 Å². The number of anilines is 1. The standard InChI is InChI=1S/C25H28N4O4S/c1-3-16-8-10-17(11-9-16)29-14-12-19(30)22(28-29)24(32)27-25-21(23(31)26-13-15-33-2)18-6-4-5-7-20(18)34-25/h8-12,14H,3-7,13,15H2,1-2H3,(H,26,31)(H,27,32). The lowest BCUT2D eigenvalue weighted by Crippen LogP contribution is -2.29. The maximum atomic E-state index is 13.1. The summed E-state index contributed by atoms with van der Waals surface area (Å²) in [6.07, 6.45) is 6.16. The van der Waals surface area contributed by atoms with Crippen LogP contribution in [0, 0.1) is 0 Å². The molecule has 0 radical (unpaired) electrons. The Morgan fingerprint density at radius 2 is 1.88 bits per heavy atom. The van der Waals surface area contributed by atoms with Gasteiger partial charge in [-0.05, 0) is 55.4 Å². The van der Waals surface area contributed by atoms with E-state index in [1.54, 1.807) is 13.3 Å². The number of thiophene rings is 1. The Hall–Kier alpha value is -3.30. The Bertz CT molecular complexity index is 1250. The van der Waals surface area contributed by atoms with Crippen molar-refractivity contribution < 1.29 is 14.3 Å². The highest BCUT2D eigenvalue weighted by atomic mass is 32.1. The molecule has 4 rings (SSSR count). The van der Waals surface area contributed by atoms with E-state index in [1.165, 1.54) is 27.6 Å². The van der Waals surface area contributed by atoms with Crippen LogP contribution >= 0.6 is 11.3 Å². The molecule has 0 unspecified atom stereocenters. The second-order valence-electron chi connectivity index (χ2n) is 8.11. The molecular formula is C25H28N4O4S. The van der Waals surface area contributed by atoms with Crippen molar-refractivity contribution in [3.8, 4) is 5.69 Å². The van der Waals surface area contributed by atoms with Crippen LogP contribution in [0.15, 0.2) is 41.3 Å². The van der Waals surface area contributed by atoms with Crippen molar-refractivity contribution in [1.82, 2.24) is 15.1 Å². The number of methoxy groups -OCH3 is 1. The van der Waals surface area contributed by atoms with E-state index in [-0.39, 0.29) is 11.6 Å². The van der Waals surface area contributed by atoms with Crippen LogP contribution in [0.5, 0.6) is 0 Å². The van der Waals surface area contributed by atoms with Crippen molar-refractivity contribution in [2.24, 2.45) is 0 Å². The van der Waals surface area contributed by atoms with Crippen molar-refractivity contribution in [3.63, 3.8) is 0 Å². The van der Waals surface area contributed by atoms with Crippen LogP contribution in [-0.2, 0) is 24.0 Å². The van der Waals surface area contributed by atoms with Crippen molar-refractivity contribution in [3.05, 3.63) is 74.0 Å². The van der Waals surface area contributed by atoms with Crippen LogP contribution in [0.2, 0.25) is 0 Å². The van der Waals surface area contributed by atoms with E-state index in [4.69, 9.17) is 4.74 Å². The van der Waals surface area contributed by atoms with Crippen LogP contribution in [0.1, 0.15) is 56.6 Å². The molecule has 0 spiro atoms. The van der Waals surface area contributed by atoms with Gasteiger partial charge in [0.2, 0.25) is 5.43 Å². The zero-order valence-corrected chi connectivity index (χ0v) is 20.2. The molecule has 2 amide bonds. The third-order valence-electron chi connectivity index (χ3n) is 5.85. The van der Waals surface area contributed by atoms with Gasteiger partial charge in [0.05, 0.1) is 17.9 Å². The van der Waals surface area contributed by atoms with E-state index in [9.17, 15) is 14.4 Å². The molecule has 0 atom stereocenters. The highest BCUT2D eigenvalue weighted by Crippen LogP contribution is 2.38. The first-order chi connectivity index (χ1) is 16.5. The van der Waals surface area contributed by atoms with Crippen molar-refractivity contribution in [2.75, 3.05) is 25.6 Å². The molecule has 178 valence electrons. The van der Waals surface area contributed by atoms with Gasteiger partial charge in [-0.15, -0.1) is 11.3 Å². The van der Waals surface area contributed by atoms with E-state index < -0.39 is 11.3 Å². The van der Waals surface area contributed by atoms with Gasteiger partial charge in [0.25, 0.3) is 11.8 Å². The second kappa shape index (κ2) is 10.8. The lowest BCUT2D eigenvalue weighted by molar-refractivity contribution is 0.0937. The lowest BCUT2D eigenvalue weighted by atomic mass is 9.95. The number of hydrogen-bond donors (Lipinski definition) is 2. The number of amides is 2. The Morgan fingerprint density at radius 3 is 2.62 bits per heavy atom. The third-order valence-corrected chi connectivity index (χ3v) is 7.06. The molecule has 1 aromatic carbocycles. The van der Waals surface area contributed by atoms with Crippen molar-refractivity contribution in [1.29, 1.82) is 0 Å². The summed E-state index contributed by atoms with van der Waals surface area (Å²) in [5, 5.41) is 10.4. The molecule has 9 heteroatoms. The fourth-order valence-corrected chi connectivity index (χ4v) is 5.29. The monoisotopic (exact) mass is 480 g/mol. The predicted molar refractivity (Wildman–Crippen MR) is 132 cm³/mol. The maximum Gasteiger partial charge on any atom is 0.280 e. The number of fused-ring (bicyclic) bond motifs is 1. The molecule has 0 saturated heterocycles. The molecule has 0 bridgehead atoms. The maximum absolute atomic E-state index is 13.1. The van der Waals surface area contributed by atoms with Crippen LogP contribution < -0.4 is 16.1 Å². The Labute approximate surface area is 202 Å². The molecule has 0 fully saturated rings.